The molecule has 0 radical (unpaired) electrons. The van der Waals surface area contributed by atoms with Crippen LogP contribution < -0.4 is 0 Å². The molecule has 0 bridgehead atoms. The standard InChI is InChI=1S/C13H23N3/c1-10(2)9-11-5-4-6-13-12(8-7-11)14-15-16(13)3/h10-11H,4-9H2,1-3H3. The fourth-order valence-electron chi connectivity index (χ4n) is 2.87. The molecule has 1 aliphatic carbocycles. The predicted octanol–water partition coefficient (Wildman–Crippen LogP) is 2.75. The number of nitrogens with zero attached hydrogens (tertiary/aromatic N) is 3. The Balaban J connectivity index is 2.02. The lowest BCUT2D eigenvalue weighted by molar-refractivity contribution is 0.348. The SMILES string of the molecule is CC(C)CC1CCCc2c(nnn2C)CC1. The molecule has 1 aromatic heterocycles. The van der Waals surface area contributed by atoms with Crippen LogP contribution in [0.2, 0.25) is 0 Å². The van der Waals surface area contributed by atoms with Crippen LogP contribution >= 0.6 is 0 Å². The quantitative estimate of drug-likeness (QED) is 0.769. The Bertz CT molecular complexity index is 341. The van der Waals surface area contributed by atoms with Crippen LogP contribution in [0.3, 0.4) is 0 Å². The minimum Gasteiger partial charge on any atom is -0.252 e. The lowest BCUT2D eigenvalue weighted by Gasteiger charge is -2.21. The van der Waals surface area contributed by atoms with Crippen molar-refractivity contribution in [3.05, 3.63) is 11.4 Å². The fraction of sp³-hybridized carbons (Fsp3) is 0.846. The van der Waals surface area contributed by atoms with Gasteiger partial charge in [0.05, 0.1) is 11.4 Å². The third-order valence-corrected chi connectivity index (χ3v) is 3.64. The Kier molecular flexibility index (Phi) is 3.62. The third-order valence-electron chi connectivity index (χ3n) is 3.64. The second-order valence-electron chi connectivity index (χ2n) is 5.53. The summed E-state index contributed by atoms with van der Waals surface area (Å²) in [5.74, 6) is 1.72. The summed E-state index contributed by atoms with van der Waals surface area (Å²) in [5, 5.41) is 8.42. The van der Waals surface area contributed by atoms with E-state index in [0.717, 1.165) is 24.7 Å². The number of rotatable bonds is 2. The van der Waals surface area contributed by atoms with Gasteiger partial charge in [-0.25, -0.2) is 0 Å². The summed E-state index contributed by atoms with van der Waals surface area (Å²) in [6.45, 7) is 4.65. The molecular formula is C13H23N3. The van der Waals surface area contributed by atoms with Gasteiger partial charge in [0.25, 0.3) is 0 Å². The highest BCUT2D eigenvalue weighted by Gasteiger charge is 2.18. The molecule has 0 aromatic carbocycles. The second kappa shape index (κ2) is 4.98. The summed E-state index contributed by atoms with van der Waals surface area (Å²) in [5.41, 5.74) is 2.61. The fourth-order valence-corrected chi connectivity index (χ4v) is 2.87. The Morgan fingerprint density at radius 3 is 2.88 bits per heavy atom. The first-order valence-corrected chi connectivity index (χ1v) is 6.54. The van der Waals surface area contributed by atoms with Gasteiger partial charge in [-0.3, -0.25) is 4.68 Å². The first kappa shape index (κ1) is 11.6. The Hall–Kier alpha value is -0.860. The van der Waals surface area contributed by atoms with E-state index >= 15 is 0 Å². The van der Waals surface area contributed by atoms with Gasteiger partial charge in [-0.15, -0.1) is 5.10 Å². The van der Waals surface area contributed by atoms with Gasteiger partial charge in [0, 0.05) is 7.05 Å². The highest BCUT2D eigenvalue weighted by molar-refractivity contribution is 5.11. The molecule has 1 heterocycles. The van der Waals surface area contributed by atoms with E-state index < -0.39 is 0 Å². The van der Waals surface area contributed by atoms with E-state index in [1.165, 1.54) is 37.1 Å². The van der Waals surface area contributed by atoms with Crippen molar-refractivity contribution in [2.24, 2.45) is 18.9 Å². The maximum atomic E-state index is 4.28. The van der Waals surface area contributed by atoms with Gasteiger partial charge >= 0.3 is 0 Å². The third kappa shape index (κ3) is 2.63. The topological polar surface area (TPSA) is 30.7 Å². The maximum absolute atomic E-state index is 4.28. The first-order chi connectivity index (χ1) is 7.66. The van der Waals surface area contributed by atoms with Gasteiger partial charge < -0.3 is 0 Å². The highest BCUT2D eigenvalue weighted by atomic mass is 15.4. The summed E-state index contributed by atoms with van der Waals surface area (Å²) in [4.78, 5) is 0. The van der Waals surface area contributed by atoms with Gasteiger partial charge in [-0.05, 0) is 43.9 Å². The average molecular weight is 221 g/mol. The van der Waals surface area contributed by atoms with E-state index in [1.807, 2.05) is 11.7 Å². The second-order valence-corrected chi connectivity index (χ2v) is 5.53. The molecule has 0 amide bonds. The summed E-state index contributed by atoms with van der Waals surface area (Å²) in [6.07, 6.45) is 7.63. The van der Waals surface area contributed by atoms with Crippen LogP contribution in [0.15, 0.2) is 0 Å². The molecule has 0 saturated carbocycles. The molecule has 0 spiro atoms. The average Bonchev–Trinajstić information content (AvgIpc) is 2.51. The summed E-state index contributed by atoms with van der Waals surface area (Å²) < 4.78 is 1.96. The predicted molar refractivity (Wildman–Crippen MR) is 65.2 cm³/mol. The molecule has 16 heavy (non-hydrogen) atoms. The molecule has 0 N–H and O–H groups in total. The van der Waals surface area contributed by atoms with Crippen molar-refractivity contribution in [3.8, 4) is 0 Å². The Morgan fingerprint density at radius 1 is 1.31 bits per heavy atom. The molecule has 2 rings (SSSR count). The Morgan fingerprint density at radius 2 is 2.12 bits per heavy atom. The minimum atomic E-state index is 0.825. The number of fused-ring (bicyclic) bond motifs is 1. The van der Waals surface area contributed by atoms with Crippen molar-refractivity contribution in [3.63, 3.8) is 0 Å². The molecule has 3 heteroatoms. The minimum absolute atomic E-state index is 0.825. The van der Waals surface area contributed by atoms with Crippen molar-refractivity contribution in [1.82, 2.24) is 15.0 Å². The molecule has 3 nitrogen and oxygen atoms in total. The molecule has 0 aliphatic heterocycles. The zero-order valence-electron chi connectivity index (χ0n) is 10.7. The van der Waals surface area contributed by atoms with E-state index in [0.29, 0.717) is 0 Å². The number of aromatic nitrogens is 3. The van der Waals surface area contributed by atoms with Crippen LogP contribution in [0.25, 0.3) is 0 Å². The number of hydrogen-bond donors (Lipinski definition) is 0. The summed E-state index contributed by atoms with van der Waals surface area (Å²) in [6, 6.07) is 0. The molecule has 0 fully saturated rings. The van der Waals surface area contributed by atoms with Crippen molar-refractivity contribution >= 4 is 0 Å². The molecular weight excluding hydrogens is 198 g/mol. The normalized spacial score (nSPS) is 21.6. The summed E-state index contributed by atoms with van der Waals surface area (Å²) >= 11 is 0. The lowest BCUT2D eigenvalue weighted by Crippen LogP contribution is -2.12. The first-order valence-electron chi connectivity index (χ1n) is 6.54. The molecule has 90 valence electrons. The summed E-state index contributed by atoms with van der Waals surface area (Å²) in [7, 11) is 2.01. The van der Waals surface area contributed by atoms with E-state index in [9.17, 15) is 0 Å². The Labute approximate surface area is 98.2 Å². The van der Waals surface area contributed by atoms with Crippen LogP contribution in [0.1, 0.15) is 50.9 Å². The van der Waals surface area contributed by atoms with E-state index in [4.69, 9.17) is 0 Å². The van der Waals surface area contributed by atoms with Crippen LogP contribution in [0.5, 0.6) is 0 Å². The van der Waals surface area contributed by atoms with E-state index in [-0.39, 0.29) is 0 Å². The van der Waals surface area contributed by atoms with Crippen LogP contribution in [-0.4, -0.2) is 15.0 Å². The number of hydrogen-bond acceptors (Lipinski definition) is 2. The van der Waals surface area contributed by atoms with E-state index in [2.05, 4.69) is 24.2 Å². The smallest absolute Gasteiger partial charge is 0.0859 e. The lowest BCUT2D eigenvalue weighted by atomic mass is 9.86. The van der Waals surface area contributed by atoms with Crippen molar-refractivity contribution < 1.29 is 0 Å². The van der Waals surface area contributed by atoms with Crippen molar-refractivity contribution in [2.45, 2.75) is 52.4 Å². The van der Waals surface area contributed by atoms with E-state index in [1.54, 1.807) is 0 Å². The largest absolute Gasteiger partial charge is 0.252 e. The van der Waals surface area contributed by atoms with Gasteiger partial charge in [0.15, 0.2) is 0 Å². The molecule has 1 aliphatic rings. The maximum Gasteiger partial charge on any atom is 0.0859 e. The van der Waals surface area contributed by atoms with Gasteiger partial charge in [0.2, 0.25) is 0 Å². The van der Waals surface area contributed by atoms with Crippen LogP contribution in [-0.2, 0) is 19.9 Å². The zero-order chi connectivity index (χ0) is 11.5. The van der Waals surface area contributed by atoms with Crippen LogP contribution in [0.4, 0.5) is 0 Å². The van der Waals surface area contributed by atoms with Gasteiger partial charge in [-0.2, -0.15) is 0 Å². The van der Waals surface area contributed by atoms with Gasteiger partial charge in [0.1, 0.15) is 0 Å². The van der Waals surface area contributed by atoms with Crippen LogP contribution in [0, 0.1) is 11.8 Å². The molecule has 1 aromatic rings. The molecule has 0 saturated heterocycles. The monoisotopic (exact) mass is 221 g/mol. The number of aryl methyl sites for hydroxylation is 2. The van der Waals surface area contributed by atoms with Crippen molar-refractivity contribution in [2.75, 3.05) is 0 Å². The van der Waals surface area contributed by atoms with Gasteiger partial charge in [-0.1, -0.05) is 25.5 Å². The molecule has 1 atom stereocenters. The highest BCUT2D eigenvalue weighted by Crippen LogP contribution is 2.26. The zero-order valence-corrected chi connectivity index (χ0v) is 10.7. The molecule has 1 unspecified atom stereocenters. The van der Waals surface area contributed by atoms with Crippen molar-refractivity contribution in [1.29, 1.82) is 0 Å².